The van der Waals surface area contributed by atoms with E-state index < -0.39 is 17.9 Å². The van der Waals surface area contributed by atoms with Crippen molar-refractivity contribution in [1.82, 2.24) is 5.32 Å². The highest BCUT2D eigenvalue weighted by atomic mass is 16.3. The highest BCUT2D eigenvalue weighted by Gasteiger charge is 2.16. The summed E-state index contributed by atoms with van der Waals surface area (Å²) in [5.41, 5.74) is 11.9. The molecule has 1 aromatic rings. The van der Waals surface area contributed by atoms with Gasteiger partial charge in [-0.05, 0) is 18.6 Å². The summed E-state index contributed by atoms with van der Waals surface area (Å²) in [6.45, 7) is 1.51. The SMILES string of the molecule is Cc1cccc(N)c1C(=O)NCC(O)C(N)=O. The quantitative estimate of drug-likeness (QED) is 0.510. The maximum absolute atomic E-state index is 11.8. The first kappa shape index (κ1) is 13.0. The van der Waals surface area contributed by atoms with Crippen LogP contribution in [-0.2, 0) is 4.79 Å². The number of hydrogen-bond donors (Lipinski definition) is 4. The van der Waals surface area contributed by atoms with Gasteiger partial charge in [0.1, 0.15) is 6.10 Å². The Kier molecular flexibility index (Phi) is 4.06. The van der Waals surface area contributed by atoms with Gasteiger partial charge in [-0.25, -0.2) is 0 Å². The van der Waals surface area contributed by atoms with Crippen LogP contribution in [0.1, 0.15) is 15.9 Å². The first-order valence-electron chi connectivity index (χ1n) is 5.04. The van der Waals surface area contributed by atoms with E-state index in [0.717, 1.165) is 5.56 Å². The number of aryl methyl sites for hydroxylation is 1. The minimum atomic E-state index is -1.40. The molecule has 0 radical (unpaired) electrons. The average Bonchev–Trinajstić information content (AvgIpc) is 2.25. The van der Waals surface area contributed by atoms with Gasteiger partial charge in [-0.3, -0.25) is 9.59 Å². The minimum Gasteiger partial charge on any atom is -0.398 e. The lowest BCUT2D eigenvalue weighted by molar-refractivity contribution is -0.125. The number of nitrogens with one attached hydrogen (secondary N) is 1. The Morgan fingerprint density at radius 2 is 2.12 bits per heavy atom. The molecule has 17 heavy (non-hydrogen) atoms. The van der Waals surface area contributed by atoms with E-state index in [2.05, 4.69) is 5.32 Å². The molecule has 0 aliphatic carbocycles. The molecule has 0 saturated carbocycles. The number of carbonyl (C=O) groups excluding carboxylic acids is 2. The zero-order chi connectivity index (χ0) is 13.0. The zero-order valence-electron chi connectivity index (χ0n) is 9.43. The van der Waals surface area contributed by atoms with E-state index in [-0.39, 0.29) is 6.54 Å². The highest BCUT2D eigenvalue weighted by molar-refractivity contribution is 6.00. The molecule has 1 aromatic carbocycles. The van der Waals surface area contributed by atoms with Gasteiger partial charge >= 0.3 is 0 Å². The Morgan fingerprint density at radius 1 is 1.47 bits per heavy atom. The van der Waals surface area contributed by atoms with E-state index >= 15 is 0 Å². The number of benzene rings is 1. The molecule has 0 heterocycles. The number of rotatable bonds is 4. The second-order valence-electron chi connectivity index (χ2n) is 3.67. The van der Waals surface area contributed by atoms with Crippen molar-refractivity contribution in [2.24, 2.45) is 5.73 Å². The smallest absolute Gasteiger partial charge is 0.253 e. The summed E-state index contributed by atoms with van der Waals surface area (Å²) >= 11 is 0. The predicted molar refractivity (Wildman–Crippen MR) is 63.1 cm³/mol. The summed E-state index contributed by atoms with van der Waals surface area (Å²) < 4.78 is 0. The van der Waals surface area contributed by atoms with Gasteiger partial charge in [0.2, 0.25) is 5.91 Å². The second-order valence-corrected chi connectivity index (χ2v) is 3.67. The predicted octanol–water partition coefficient (Wildman–Crippen LogP) is -0.847. The third kappa shape index (κ3) is 3.18. The van der Waals surface area contributed by atoms with Gasteiger partial charge in [-0.15, -0.1) is 0 Å². The molecule has 1 atom stereocenters. The van der Waals surface area contributed by atoms with Gasteiger partial charge in [0.25, 0.3) is 5.91 Å². The number of anilines is 1. The summed E-state index contributed by atoms with van der Waals surface area (Å²) in [5, 5.41) is 11.5. The summed E-state index contributed by atoms with van der Waals surface area (Å²) in [6.07, 6.45) is -1.40. The maximum Gasteiger partial charge on any atom is 0.253 e. The number of amides is 2. The third-order valence-electron chi connectivity index (χ3n) is 2.32. The third-order valence-corrected chi connectivity index (χ3v) is 2.32. The van der Waals surface area contributed by atoms with Gasteiger partial charge in [0.15, 0.2) is 0 Å². The van der Waals surface area contributed by atoms with Crippen LogP contribution in [-0.4, -0.2) is 29.6 Å². The van der Waals surface area contributed by atoms with Crippen LogP contribution in [0.15, 0.2) is 18.2 Å². The lowest BCUT2D eigenvalue weighted by Gasteiger charge is -2.11. The Labute approximate surface area is 98.6 Å². The largest absolute Gasteiger partial charge is 0.398 e. The molecule has 0 aliphatic heterocycles. The van der Waals surface area contributed by atoms with Crippen LogP contribution in [0, 0.1) is 6.92 Å². The molecule has 1 rings (SSSR count). The van der Waals surface area contributed by atoms with Crippen LogP contribution in [0.3, 0.4) is 0 Å². The van der Waals surface area contributed by atoms with Crippen molar-refractivity contribution in [2.75, 3.05) is 12.3 Å². The van der Waals surface area contributed by atoms with Crippen molar-refractivity contribution in [1.29, 1.82) is 0 Å². The molecule has 1 unspecified atom stereocenters. The van der Waals surface area contributed by atoms with E-state index in [1.807, 2.05) is 0 Å². The number of primary amides is 1. The van der Waals surface area contributed by atoms with Gasteiger partial charge in [-0.1, -0.05) is 12.1 Å². The van der Waals surface area contributed by atoms with Crippen molar-refractivity contribution in [3.63, 3.8) is 0 Å². The molecule has 6 heteroatoms. The molecular weight excluding hydrogens is 222 g/mol. The van der Waals surface area contributed by atoms with Crippen LogP contribution < -0.4 is 16.8 Å². The number of aliphatic hydroxyl groups is 1. The zero-order valence-corrected chi connectivity index (χ0v) is 9.43. The lowest BCUT2D eigenvalue weighted by Crippen LogP contribution is -2.40. The normalized spacial score (nSPS) is 11.9. The first-order chi connectivity index (χ1) is 7.93. The molecule has 6 nitrogen and oxygen atoms in total. The topological polar surface area (TPSA) is 118 Å². The van der Waals surface area contributed by atoms with Crippen LogP contribution >= 0.6 is 0 Å². The van der Waals surface area contributed by atoms with E-state index in [1.165, 1.54) is 0 Å². The monoisotopic (exact) mass is 237 g/mol. The fraction of sp³-hybridized carbons (Fsp3) is 0.273. The Bertz CT molecular complexity index is 425. The molecular formula is C11H15N3O3. The van der Waals surface area contributed by atoms with Crippen molar-refractivity contribution in [2.45, 2.75) is 13.0 Å². The highest BCUT2D eigenvalue weighted by Crippen LogP contribution is 2.15. The number of nitrogens with two attached hydrogens (primary N) is 2. The molecule has 0 aromatic heterocycles. The Balaban J connectivity index is 2.74. The number of aliphatic hydroxyl groups excluding tert-OH is 1. The summed E-state index contributed by atoms with van der Waals surface area (Å²) in [7, 11) is 0. The summed E-state index contributed by atoms with van der Waals surface area (Å²) in [4.78, 5) is 22.3. The van der Waals surface area contributed by atoms with Gasteiger partial charge in [-0.2, -0.15) is 0 Å². The fourth-order valence-corrected chi connectivity index (χ4v) is 1.38. The first-order valence-corrected chi connectivity index (χ1v) is 5.04. The fourth-order valence-electron chi connectivity index (χ4n) is 1.38. The molecule has 0 saturated heterocycles. The van der Waals surface area contributed by atoms with Crippen molar-refractivity contribution in [3.8, 4) is 0 Å². The number of hydrogen-bond acceptors (Lipinski definition) is 4. The molecule has 2 amide bonds. The number of carbonyl (C=O) groups is 2. The molecule has 0 bridgehead atoms. The van der Waals surface area contributed by atoms with Gasteiger partial charge < -0.3 is 21.9 Å². The Morgan fingerprint density at radius 3 is 2.65 bits per heavy atom. The molecule has 6 N–H and O–H groups in total. The minimum absolute atomic E-state index is 0.234. The van der Waals surface area contributed by atoms with Crippen molar-refractivity contribution < 1.29 is 14.7 Å². The maximum atomic E-state index is 11.8. The number of nitrogen functional groups attached to an aromatic ring is 1. The molecule has 0 spiro atoms. The van der Waals surface area contributed by atoms with Crippen LogP contribution in [0.5, 0.6) is 0 Å². The Hall–Kier alpha value is -2.08. The van der Waals surface area contributed by atoms with E-state index in [4.69, 9.17) is 16.6 Å². The van der Waals surface area contributed by atoms with E-state index in [0.29, 0.717) is 11.3 Å². The summed E-state index contributed by atoms with van der Waals surface area (Å²) in [5.74, 6) is -1.33. The summed E-state index contributed by atoms with van der Waals surface area (Å²) in [6, 6.07) is 5.09. The molecule has 92 valence electrons. The molecule has 0 aliphatic rings. The van der Waals surface area contributed by atoms with Crippen LogP contribution in [0.25, 0.3) is 0 Å². The van der Waals surface area contributed by atoms with E-state index in [9.17, 15) is 9.59 Å². The van der Waals surface area contributed by atoms with Crippen molar-refractivity contribution in [3.05, 3.63) is 29.3 Å². The van der Waals surface area contributed by atoms with Crippen LogP contribution in [0.2, 0.25) is 0 Å². The van der Waals surface area contributed by atoms with Crippen molar-refractivity contribution >= 4 is 17.5 Å². The van der Waals surface area contributed by atoms with Gasteiger partial charge in [0.05, 0.1) is 12.1 Å². The second kappa shape index (κ2) is 5.31. The lowest BCUT2D eigenvalue weighted by atomic mass is 10.1. The standard InChI is InChI=1S/C11H15N3O3/c1-6-3-2-4-7(12)9(6)11(17)14-5-8(15)10(13)16/h2-4,8,15H,5,12H2,1H3,(H2,13,16)(H,14,17). The van der Waals surface area contributed by atoms with Crippen LogP contribution in [0.4, 0.5) is 5.69 Å². The molecule has 0 fully saturated rings. The van der Waals surface area contributed by atoms with E-state index in [1.54, 1.807) is 25.1 Å². The average molecular weight is 237 g/mol. The van der Waals surface area contributed by atoms with Gasteiger partial charge in [0, 0.05) is 5.69 Å².